The second-order valence-electron chi connectivity index (χ2n) is 6.54. The predicted octanol–water partition coefficient (Wildman–Crippen LogP) is 2.51. The third-order valence-corrected chi connectivity index (χ3v) is 5.43. The van der Waals surface area contributed by atoms with Gasteiger partial charge in [0, 0.05) is 30.1 Å². The SMILES string of the molecule is CNC(=S)N(Cc1cc2cc3c(cc2[nH]c1=O)OCO3)C1CCCC1. The molecule has 1 fully saturated rings. The molecule has 25 heavy (non-hydrogen) atoms. The molecule has 0 unspecified atom stereocenters. The third kappa shape index (κ3) is 3.04. The minimum Gasteiger partial charge on any atom is -0.454 e. The minimum atomic E-state index is -0.0896. The quantitative estimate of drug-likeness (QED) is 0.821. The Morgan fingerprint density at radius 2 is 2.00 bits per heavy atom. The lowest BCUT2D eigenvalue weighted by Crippen LogP contribution is -2.44. The van der Waals surface area contributed by atoms with Crippen molar-refractivity contribution >= 4 is 28.2 Å². The van der Waals surface area contributed by atoms with Crippen LogP contribution in [0.15, 0.2) is 23.0 Å². The number of rotatable bonds is 3. The second-order valence-corrected chi connectivity index (χ2v) is 6.92. The number of aromatic amines is 1. The summed E-state index contributed by atoms with van der Waals surface area (Å²) in [5.41, 5.74) is 1.37. The van der Waals surface area contributed by atoms with Gasteiger partial charge in [-0.2, -0.15) is 0 Å². The number of thiocarbonyl (C=S) groups is 1. The second kappa shape index (κ2) is 6.55. The molecule has 1 aliphatic carbocycles. The maximum absolute atomic E-state index is 12.6. The van der Waals surface area contributed by atoms with Crippen LogP contribution in [-0.2, 0) is 6.54 Å². The van der Waals surface area contributed by atoms with E-state index in [-0.39, 0.29) is 12.4 Å². The molecule has 1 saturated carbocycles. The van der Waals surface area contributed by atoms with Crippen LogP contribution in [0.5, 0.6) is 11.5 Å². The Kier molecular flexibility index (Phi) is 4.25. The highest BCUT2D eigenvalue weighted by atomic mass is 32.1. The smallest absolute Gasteiger partial charge is 0.253 e. The van der Waals surface area contributed by atoms with Gasteiger partial charge in [0.1, 0.15) is 0 Å². The molecule has 7 heteroatoms. The fraction of sp³-hybridized carbons (Fsp3) is 0.444. The van der Waals surface area contributed by atoms with Crippen LogP contribution in [0, 0.1) is 0 Å². The lowest BCUT2D eigenvalue weighted by atomic mass is 10.1. The number of H-pyrrole nitrogens is 1. The van der Waals surface area contributed by atoms with Crippen molar-refractivity contribution in [1.29, 1.82) is 0 Å². The van der Waals surface area contributed by atoms with Crippen molar-refractivity contribution in [1.82, 2.24) is 15.2 Å². The van der Waals surface area contributed by atoms with Crippen molar-refractivity contribution in [3.63, 3.8) is 0 Å². The zero-order valence-corrected chi connectivity index (χ0v) is 14.9. The molecule has 2 heterocycles. The molecule has 0 atom stereocenters. The summed E-state index contributed by atoms with van der Waals surface area (Å²) in [6.07, 6.45) is 4.66. The highest BCUT2D eigenvalue weighted by Gasteiger charge is 2.25. The largest absolute Gasteiger partial charge is 0.454 e. The van der Waals surface area contributed by atoms with E-state index >= 15 is 0 Å². The number of nitrogens with zero attached hydrogens (tertiary/aromatic N) is 1. The summed E-state index contributed by atoms with van der Waals surface area (Å²) in [5, 5.41) is 4.68. The molecule has 2 aliphatic rings. The van der Waals surface area contributed by atoms with Crippen LogP contribution in [-0.4, -0.2) is 34.9 Å². The van der Waals surface area contributed by atoms with Crippen LogP contribution >= 0.6 is 12.2 Å². The van der Waals surface area contributed by atoms with Gasteiger partial charge in [-0.1, -0.05) is 12.8 Å². The molecule has 0 saturated heterocycles. The number of fused-ring (bicyclic) bond motifs is 2. The summed E-state index contributed by atoms with van der Waals surface area (Å²) >= 11 is 5.48. The van der Waals surface area contributed by atoms with Gasteiger partial charge in [-0.15, -0.1) is 0 Å². The van der Waals surface area contributed by atoms with E-state index in [0.29, 0.717) is 34.8 Å². The molecule has 6 nitrogen and oxygen atoms in total. The summed E-state index contributed by atoms with van der Waals surface area (Å²) in [4.78, 5) is 17.7. The lowest BCUT2D eigenvalue weighted by Gasteiger charge is -2.31. The maximum Gasteiger partial charge on any atom is 0.253 e. The monoisotopic (exact) mass is 359 g/mol. The van der Waals surface area contributed by atoms with E-state index in [1.807, 2.05) is 25.2 Å². The van der Waals surface area contributed by atoms with E-state index in [0.717, 1.165) is 23.7 Å². The van der Waals surface area contributed by atoms with Crippen LogP contribution in [0.2, 0.25) is 0 Å². The summed E-state index contributed by atoms with van der Waals surface area (Å²) in [7, 11) is 1.83. The molecule has 0 radical (unpaired) electrons. The Labute approximate surface area is 151 Å². The fourth-order valence-electron chi connectivity index (χ4n) is 3.67. The first kappa shape index (κ1) is 16.2. The number of aromatic nitrogens is 1. The number of ether oxygens (including phenoxy) is 2. The minimum absolute atomic E-state index is 0.0896. The number of nitrogens with one attached hydrogen (secondary N) is 2. The Balaban J connectivity index is 1.69. The van der Waals surface area contributed by atoms with Crippen molar-refractivity contribution in [2.75, 3.05) is 13.8 Å². The Hall–Kier alpha value is -2.28. The van der Waals surface area contributed by atoms with Crippen LogP contribution in [0.1, 0.15) is 31.2 Å². The molecule has 0 amide bonds. The molecule has 2 aromatic rings. The normalized spacial score (nSPS) is 16.4. The van der Waals surface area contributed by atoms with Gasteiger partial charge in [0.15, 0.2) is 16.6 Å². The van der Waals surface area contributed by atoms with E-state index in [1.165, 1.54) is 12.8 Å². The molecule has 0 spiro atoms. The van der Waals surface area contributed by atoms with Gasteiger partial charge in [-0.05, 0) is 37.2 Å². The number of pyridine rings is 1. The number of benzene rings is 1. The first-order chi connectivity index (χ1) is 12.2. The van der Waals surface area contributed by atoms with Gasteiger partial charge in [0.05, 0.1) is 12.1 Å². The predicted molar refractivity (Wildman–Crippen MR) is 100 cm³/mol. The van der Waals surface area contributed by atoms with Gasteiger partial charge in [0.25, 0.3) is 5.56 Å². The molecular formula is C18H21N3O3S. The van der Waals surface area contributed by atoms with Crippen molar-refractivity contribution in [2.45, 2.75) is 38.3 Å². The molecule has 1 aliphatic heterocycles. The van der Waals surface area contributed by atoms with Gasteiger partial charge in [-0.25, -0.2) is 0 Å². The first-order valence-corrected chi connectivity index (χ1v) is 9.00. The molecule has 4 rings (SSSR count). The fourth-order valence-corrected chi connectivity index (χ4v) is 3.88. The third-order valence-electron chi connectivity index (χ3n) is 5.00. The Morgan fingerprint density at radius 3 is 2.72 bits per heavy atom. The van der Waals surface area contributed by atoms with Crippen LogP contribution in [0.3, 0.4) is 0 Å². The van der Waals surface area contributed by atoms with E-state index < -0.39 is 0 Å². The molecule has 1 aromatic carbocycles. The summed E-state index contributed by atoms with van der Waals surface area (Å²) in [6.45, 7) is 0.721. The zero-order valence-electron chi connectivity index (χ0n) is 14.1. The van der Waals surface area contributed by atoms with E-state index in [9.17, 15) is 4.79 Å². The Bertz CT molecular complexity index is 874. The Morgan fingerprint density at radius 1 is 1.28 bits per heavy atom. The summed E-state index contributed by atoms with van der Waals surface area (Å²) in [6, 6.07) is 6.05. The summed E-state index contributed by atoms with van der Waals surface area (Å²) in [5.74, 6) is 1.38. The standard InChI is InChI=1S/C18H21N3O3S/c1-19-18(25)21(13-4-2-3-5-13)9-12-6-11-7-15-16(24-10-23-15)8-14(11)20-17(12)22/h6-8,13H,2-5,9-10H2,1H3,(H,19,25)(H,20,22). The van der Waals surface area contributed by atoms with Gasteiger partial charge in [0.2, 0.25) is 6.79 Å². The van der Waals surface area contributed by atoms with E-state index in [4.69, 9.17) is 21.7 Å². The zero-order chi connectivity index (χ0) is 17.4. The first-order valence-electron chi connectivity index (χ1n) is 8.59. The van der Waals surface area contributed by atoms with Crippen molar-refractivity contribution in [3.8, 4) is 11.5 Å². The number of hydrogen-bond acceptors (Lipinski definition) is 4. The summed E-state index contributed by atoms with van der Waals surface area (Å²) < 4.78 is 10.8. The highest BCUT2D eigenvalue weighted by molar-refractivity contribution is 7.80. The molecular weight excluding hydrogens is 338 g/mol. The van der Waals surface area contributed by atoms with E-state index in [1.54, 1.807) is 0 Å². The van der Waals surface area contributed by atoms with Crippen LogP contribution < -0.4 is 20.3 Å². The van der Waals surface area contributed by atoms with Crippen molar-refractivity contribution < 1.29 is 9.47 Å². The molecule has 2 N–H and O–H groups in total. The maximum atomic E-state index is 12.6. The molecule has 132 valence electrons. The highest BCUT2D eigenvalue weighted by Crippen LogP contribution is 2.35. The average molecular weight is 359 g/mol. The van der Waals surface area contributed by atoms with Gasteiger partial charge < -0.3 is 24.7 Å². The van der Waals surface area contributed by atoms with Crippen molar-refractivity contribution in [2.24, 2.45) is 0 Å². The average Bonchev–Trinajstić information content (AvgIpc) is 3.28. The van der Waals surface area contributed by atoms with Crippen LogP contribution in [0.4, 0.5) is 0 Å². The van der Waals surface area contributed by atoms with Gasteiger partial charge in [-0.3, -0.25) is 4.79 Å². The molecule has 0 bridgehead atoms. The van der Waals surface area contributed by atoms with Crippen molar-refractivity contribution in [3.05, 3.63) is 34.1 Å². The van der Waals surface area contributed by atoms with Crippen LogP contribution in [0.25, 0.3) is 10.9 Å². The topological polar surface area (TPSA) is 66.6 Å². The lowest BCUT2D eigenvalue weighted by molar-refractivity contribution is 0.174. The van der Waals surface area contributed by atoms with Gasteiger partial charge >= 0.3 is 0 Å². The number of hydrogen-bond donors (Lipinski definition) is 2. The van der Waals surface area contributed by atoms with E-state index in [2.05, 4.69) is 15.2 Å². The molecule has 1 aromatic heterocycles.